The highest BCUT2D eigenvalue weighted by molar-refractivity contribution is 7.22. The fourth-order valence-corrected chi connectivity index (χ4v) is 6.42. The third kappa shape index (κ3) is 4.27. The molecule has 2 heterocycles. The molecule has 0 aliphatic carbocycles. The lowest BCUT2D eigenvalue weighted by Gasteiger charge is -2.23. The number of aliphatic hydroxyl groups excluding tert-OH is 1. The zero-order valence-corrected chi connectivity index (χ0v) is 23.3. The molecule has 0 bridgehead atoms. The van der Waals surface area contributed by atoms with Crippen LogP contribution in [0.1, 0.15) is 22.7 Å². The molecule has 0 radical (unpaired) electrons. The summed E-state index contributed by atoms with van der Waals surface area (Å²) in [5.41, 5.74) is 2.00. The second-order valence-corrected chi connectivity index (χ2v) is 10.7. The summed E-state index contributed by atoms with van der Waals surface area (Å²) < 4.78 is 11.4. The largest absolute Gasteiger partial charge is 0.507 e. The summed E-state index contributed by atoms with van der Waals surface area (Å²) in [7, 11) is 2.74. The van der Waals surface area contributed by atoms with Crippen LogP contribution in [-0.4, -0.2) is 36.0 Å². The number of aryl methyl sites for hydroxylation is 1. The number of methoxy groups -OCH3 is 2. The number of carbonyl (C=O) groups is 2. The molecule has 0 saturated carbocycles. The van der Waals surface area contributed by atoms with Gasteiger partial charge in [0.15, 0.2) is 16.6 Å². The number of nitrogens with zero attached hydrogens (tertiary/aromatic N) is 2. The van der Waals surface area contributed by atoms with Gasteiger partial charge in [-0.05, 0) is 36.8 Å². The normalized spacial score (nSPS) is 16.9. The number of hydrogen-bond donors (Lipinski definition) is 1. The second kappa shape index (κ2) is 10.1. The van der Waals surface area contributed by atoms with Crippen LogP contribution in [0.15, 0.2) is 54.1 Å². The molecule has 1 saturated heterocycles. The lowest BCUT2D eigenvalue weighted by atomic mass is 9.94. The summed E-state index contributed by atoms with van der Waals surface area (Å²) in [4.78, 5) is 33.0. The Morgan fingerprint density at radius 2 is 1.76 bits per heavy atom. The first kappa shape index (κ1) is 26.3. The molecule has 1 aliphatic heterocycles. The Balaban J connectivity index is 1.78. The zero-order chi connectivity index (χ0) is 27.3. The number of ether oxygens (including phenoxy) is 2. The molecule has 1 fully saturated rings. The van der Waals surface area contributed by atoms with Crippen molar-refractivity contribution in [3.05, 3.63) is 85.9 Å². The van der Waals surface area contributed by atoms with Gasteiger partial charge >= 0.3 is 5.91 Å². The third-order valence-corrected chi connectivity index (χ3v) is 8.02. The van der Waals surface area contributed by atoms with Crippen molar-refractivity contribution in [1.82, 2.24) is 4.98 Å². The van der Waals surface area contributed by atoms with Crippen LogP contribution in [0.4, 0.5) is 5.13 Å². The van der Waals surface area contributed by atoms with Gasteiger partial charge in [-0.3, -0.25) is 14.5 Å². The summed E-state index contributed by atoms with van der Waals surface area (Å²) >= 11 is 20.2. The monoisotopic (exact) mass is 588 g/mol. The second-order valence-electron chi connectivity index (χ2n) is 8.48. The molecular weight excluding hydrogens is 571 g/mol. The third-order valence-electron chi connectivity index (χ3n) is 6.14. The summed E-state index contributed by atoms with van der Waals surface area (Å²) in [6, 6.07) is 12.9. The van der Waals surface area contributed by atoms with Crippen LogP contribution in [0.3, 0.4) is 0 Å². The van der Waals surface area contributed by atoms with Gasteiger partial charge in [-0.2, -0.15) is 0 Å². The summed E-state index contributed by atoms with van der Waals surface area (Å²) in [5.74, 6) is -2.05. The first-order chi connectivity index (χ1) is 18.2. The van der Waals surface area contributed by atoms with Crippen molar-refractivity contribution in [2.24, 2.45) is 0 Å². The number of carbonyl (C=O) groups excluding carboxylic acids is 2. The van der Waals surface area contributed by atoms with Gasteiger partial charge in [-0.1, -0.05) is 76.0 Å². The molecule has 1 unspecified atom stereocenters. The van der Waals surface area contributed by atoms with Gasteiger partial charge in [0.25, 0.3) is 5.78 Å². The van der Waals surface area contributed by atoms with Gasteiger partial charge in [-0.25, -0.2) is 4.98 Å². The molecule has 11 heteroatoms. The molecule has 3 aromatic carbocycles. The van der Waals surface area contributed by atoms with Crippen molar-refractivity contribution in [3.8, 4) is 11.5 Å². The molecule has 0 spiro atoms. The molecule has 7 nitrogen and oxygen atoms in total. The molecule has 194 valence electrons. The minimum Gasteiger partial charge on any atom is -0.507 e. The van der Waals surface area contributed by atoms with Crippen LogP contribution in [-0.2, 0) is 9.59 Å². The maximum absolute atomic E-state index is 13.5. The number of hydrogen-bond acceptors (Lipinski definition) is 7. The van der Waals surface area contributed by atoms with Crippen molar-refractivity contribution >= 4 is 78.9 Å². The van der Waals surface area contributed by atoms with Crippen molar-refractivity contribution in [2.45, 2.75) is 13.0 Å². The van der Waals surface area contributed by atoms with E-state index in [-0.39, 0.29) is 37.8 Å². The van der Waals surface area contributed by atoms with Crippen LogP contribution in [0.25, 0.3) is 16.0 Å². The zero-order valence-electron chi connectivity index (χ0n) is 20.2. The SMILES string of the molecule is COc1c(Cl)cc(/C(O)=C2\C(=O)C(=O)N(c3nc4ccc(Cl)cc4s3)C2c2cccc(C)c2)c(OC)c1Cl. The van der Waals surface area contributed by atoms with Gasteiger partial charge in [0.1, 0.15) is 10.8 Å². The smallest absolute Gasteiger partial charge is 0.301 e. The Bertz CT molecular complexity index is 1670. The number of fused-ring (bicyclic) bond motifs is 1. The lowest BCUT2D eigenvalue weighted by Crippen LogP contribution is -2.29. The number of thiazole rings is 1. The van der Waals surface area contributed by atoms with E-state index in [1.165, 1.54) is 36.5 Å². The van der Waals surface area contributed by atoms with E-state index in [0.29, 0.717) is 16.1 Å². The van der Waals surface area contributed by atoms with Gasteiger partial charge in [0.2, 0.25) is 0 Å². The quantitative estimate of drug-likeness (QED) is 0.150. The minimum absolute atomic E-state index is 0.00781. The topological polar surface area (TPSA) is 89.0 Å². The van der Waals surface area contributed by atoms with E-state index in [4.69, 9.17) is 44.3 Å². The van der Waals surface area contributed by atoms with Gasteiger partial charge in [-0.15, -0.1) is 0 Å². The summed E-state index contributed by atoms with van der Waals surface area (Å²) in [6.45, 7) is 1.89. The minimum atomic E-state index is -0.990. The number of benzene rings is 3. The van der Waals surface area contributed by atoms with E-state index in [2.05, 4.69) is 4.98 Å². The van der Waals surface area contributed by atoms with Crippen molar-refractivity contribution in [1.29, 1.82) is 0 Å². The molecule has 5 rings (SSSR count). The van der Waals surface area contributed by atoms with E-state index in [0.717, 1.165) is 10.3 Å². The number of halogens is 3. The Morgan fingerprint density at radius 1 is 1.03 bits per heavy atom. The Kier molecular flexibility index (Phi) is 7.00. The van der Waals surface area contributed by atoms with Gasteiger partial charge in [0.05, 0.1) is 46.6 Å². The fourth-order valence-electron chi connectivity index (χ4n) is 4.47. The van der Waals surface area contributed by atoms with E-state index in [1.807, 2.05) is 25.1 Å². The molecule has 1 aliphatic rings. The molecule has 4 aromatic rings. The Labute approximate surface area is 236 Å². The Morgan fingerprint density at radius 3 is 2.45 bits per heavy atom. The van der Waals surface area contributed by atoms with Crippen LogP contribution in [0.2, 0.25) is 15.1 Å². The van der Waals surface area contributed by atoms with Crippen molar-refractivity contribution in [3.63, 3.8) is 0 Å². The standard InChI is InChI=1S/C27H19Cl3N2O5S/c1-12-5-4-6-13(9-12)21-19(22(33)15-11-16(29)25(37-3)20(30)24(15)36-2)23(34)26(35)32(21)27-31-17-8-7-14(28)10-18(17)38-27/h4-11,21,33H,1-3H3/b22-19+. The highest BCUT2D eigenvalue weighted by Crippen LogP contribution is 2.49. The Hall–Kier alpha value is -3.30. The van der Waals surface area contributed by atoms with Crippen LogP contribution < -0.4 is 14.4 Å². The number of aliphatic hydroxyl groups is 1. The van der Waals surface area contributed by atoms with Crippen molar-refractivity contribution < 1.29 is 24.2 Å². The van der Waals surface area contributed by atoms with Crippen LogP contribution in [0.5, 0.6) is 11.5 Å². The average molecular weight is 590 g/mol. The molecule has 1 aromatic heterocycles. The molecule has 1 amide bonds. The maximum Gasteiger partial charge on any atom is 0.301 e. The summed E-state index contributed by atoms with van der Waals surface area (Å²) in [5, 5.41) is 12.5. The van der Waals surface area contributed by atoms with Crippen molar-refractivity contribution in [2.75, 3.05) is 19.1 Å². The molecule has 1 atom stereocenters. The van der Waals surface area contributed by atoms with E-state index in [9.17, 15) is 14.7 Å². The number of rotatable bonds is 5. The maximum atomic E-state index is 13.5. The van der Waals surface area contributed by atoms with Crippen LogP contribution >= 0.6 is 46.1 Å². The number of amides is 1. The van der Waals surface area contributed by atoms with E-state index in [1.54, 1.807) is 24.3 Å². The molecular formula is C27H19Cl3N2O5S. The summed E-state index contributed by atoms with van der Waals surface area (Å²) in [6.07, 6.45) is 0. The fraction of sp³-hybridized carbons (Fsp3) is 0.148. The first-order valence-corrected chi connectivity index (χ1v) is 13.1. The predicted octanol–water partition coefficient (Wildman–Crippen LogP) is 7.21. The number of Topliss-reactive ketones (excluding diaryl/α,β-unsaturated/α-hetero) is 1. The van der Waals surface area contributed by atoms with E-state index >= 15 is 0 Å². The lowest BCUT2D eigenvalue weighted by molar-refractivity contribution is -0.132. The molecule has 38 heavy (non-hydrogen) atoms. The highest BCUT2D eigenvalue weighted by Gasteiger charge is 2.48. The highest BCUT2D eigenvalue weighted by atomic mass is 35.5. The number of aromatic nitrogens is 1. The van der Waals surface area contributed by atoms with E-state index < -0.39 is 23.5 Å². The predicted molar refractivity (Wildman–Crippen MR) is 150 cm³/mol. The van der Waals surface area contributed by atoms with Crippen LogP contribution in [0, 0.1) is 6.92 Å². The number of anilines is 1. The first-order valence-electron chi connectivity index (χ1n) is 11.2. The van der Waals surface area contributed by atoms with Gasteiger partial charge in [0, 0.05) is 5.02 Å². The van der Waals surface area contributed by atoms with Gasteiger partial charge < -0.3 is 14.6 Å². The number of ketones is 1. The average Bonchev–Trinajstić information content (AvgIpc) is 3.41. The molecule has 1 N–H and O–H groups in total.